The van der Waals surface area contributed by atoms with Crippen LogP contribution in [-0.4, -0.2) is 49.0 Å². The molecule has 12 heavy (non-hydrogen) atoms. The van der Waals surface area contributed by atoms with Crippen molar-refractivity contribution in [3.63, 3.8) is 0 Å². The van der Waals surface area contributed by atoms with Gasteiger partial charge in [0.05, 0.1) is 23.9 Å². The van der Waals surface area contributed by atoms with Crippen molar-refractivity contribution in [3.8, 4) is 0 Å². The Bertz CT molecular complexity index is 191. The van der Waals surface area contributed by atoms with E-state index in [9.17, 15) is 0 Å². The monoisotopic (exact) mass is 186 g/mol. The minimum atomic E-state index is 0.130. The van der Waals surface area contributed by atoms with Gasteiger partial charge in [-0.3, -0.25) is 0 Å². The Hall–Kier alpha value is -0.280. The quantitative estimate of drug-likeness (QED) is 0.471. The summed E-state index contributed by atoms with van der Waals surface area (Å²) in [4.78, 5) is 6.24. The highest BCUT2D eigenvalue weighted by molar-refractivity contribution is 7.78. The van der Waals surface area contributed by atoms with Gasteiger partial charge in [-0.15, -0.1) is 0 Å². The van der Waals surface area contributed by atoms with Crippen LogP contribution in [0, 0.1) is 0 Å². The van der Waals surface area contributed by atoms with Crippen LogP contribution in [0.2, 0.25) is 0 Å². The zero-order valence-corrected chi connectivity index (χ0v) is 8.30. The number of rotatable bonds is 2. The van der Waals surface area contributed by atoms with Crippen molar-refractivity contribution >= 4 is 17.4 Å². The lowest BCUT2D eigenvalue weighted by Crippen LogP contribution is -2.44. The van der Waals surface area contributed by atoms with Crippen molar-refractivity contribution in [2.75, 3.05) is 26.7 Å². The Morgan fingerprint density at radius 2 is 2.50 bits per heavy atom. The summed E-state index contributed by atoms with van der Waals surface area (Å²) in [5.74, 6) is 0. The van der Waals surface area contributed by atoms with Gasteiger partial charge in [-0.25, -0.2) is 4.99 Å². The Morgan fingerprint density at radius 3 is 3.08 bits per heavy atom. The van der Waals surface area contributed by atoms with E-state index in [0.717, 1.165) is 19.7 Å². The summed E-state index contributed by atoms with van der Waals surface area (Å²) >= 11 is 4.54. The average Bonchev–Trinajstić information content (AvgIpc) is 2.05. The molecule has 1 aliphatic rings. The average molecular weight is 186 g/mol. The second-order valence-electron chi connectivity index (χ2n) is 3.13. The third-order valence-corrected chi connectivity index (χ3v) is 2.20. The largest absolute Gasteiger partial charge is 0.373 e. The van der Waals surface area contributed by atoms with Gasteiger partial charge in [-0.05, 0) is 26.2 Å². The van der Waals surface area contributed by atoms with Gasteiger partial charge in [0.25, 0.3) is 0 Å². The molecule has 0 radical (unpaired) electrons. The molecule has 1 fully saturated rings. The number of ether oxygens (including phenoxy) is 1. The van der Waals surface area contributed by atoms with Gasteiger partial charge >= 0.3 is 0 Å². The van der Waals surface area contributed by atoms with Crippen LogP contribution >= 0.6 is 12.2 Å². The molecule has 0 amide bonds. The standard InChI is InChI=1S/C8H14N2OS/c1-7(9-6-12)8-5-10(2)3-4-11-8/h7-8H,3-5H2,1-2H3/t7?,8-/m1/s1. The van der Waals surface area contributed by atoms with Crippen LogP contribution < -0.4 is 0 Å². The third-order valence-electron chi connectivity index (χ3n) is 2.09. The lowest BCUT2D eigenvalue weighted by molar-refractivity contribution is -0.0285. The summed E-state index contributed by atoms with van der Waals surface area (Å²) in [6.07, 6.45) is 0.180. The molecule has 1 heterocycles. The SMILES string of the molecule is CC(N=C=S)[C@H]1CN(C)CCO1. The summed E-state index contributed by atoms with van der Waals surface area (Å²) in [7, 11) is 2.09. The summed E-state index contributed by atoms with van der Waals surface area (Å²) < 4.78 is 5.54. The second-order valence-corrected chi connectivity index (χ2v) is 3.32. The van der Waals surface area contributed by atoms with E-state index >= 15 is 0 Å². The summed E-state index contributed by atoms with van der Waals surface area (Å²) in [6.45, 7) is 4.73. The molecule has 0 bridgehead atoms. The Labute approximate surface area is 78.4 Å². The van der Waals surface area contributed by atoms with E-state index in [1.165, 1.54) is 0 Å². The normalized spacial score (nSPS) is 27.7. The number of isothiocyanates is 1. The molecule has 0 aliphatic carbocycles. The molecule has 3 nitrogen and oxygen atoms in total. The Kier molecular flexibility index (Phi) is 3.82. The first-order valence-corrected chi connectivity index (χ1v) is 4.52. The molecule has 1 unspecified atom stereocenters. The maximum atomic E-state index is 5.54. The fourth-order valence-corrected chi connectivity index (χ4v) is 1.44. The maximum absolute atomic E-state index is 5.54. The molecule has 1 aliphatic heterocycles. The van der Waals surface area contributed by atoms with E-state index < -0.39 is 0 Å². The molecule has 0 aromatic rings. The highest BCUT2D eigenvalue weighted by atomic mass is 32.1. The Morgan fingerprint density at radius 1 is 1.75 bits per heavy atom. The number of nitrogens with zero attached hydrogens (tertiary/aromatic N) is 2. The van der Waals surface area contributed by atoms with E-state index in [1.54, 1.807) is 0 Å². The molecular weight excluding hydrogens is 172 g/mol. The van der Waals surface area contributed by atoms with Crippen molar-refractivity contribution in [3.05, 3.63) is 0 Å². The van der Waals surface area contributed by atoms with Gasteiger partial charge in [-0.1, -0.05) is 0 Å². The predicted octanol–water partition coefficient (Wildman–Crippen LogP) is 0.808. The fourth-order valence-electron chi connectivity index (χ4n) is 1.27. The number of aliphatic imine (C=N–C) groups is 1. The zero-order chi connectivity index (χ0) is 8.97. The highest BCUT2D eigenvalue weighted by Gasteiger charge is 2.22. The molecule has 0 N–H and O–H groups in total. The van der Waals surface area contributed by atoms with Crippen LogP contribution in [-0.2, 0) is 4.74 Å². The predicted molar refractivity (Wildman–Crippen MR) is 51.7 cm³/mol. The smallest absolute Gasteiger partial charge is 0.0930 e. The van der Waals surface area contributed by atoms with Gasteiger partial charge in [-0.2, -0.15) is 0 Å². The molecule has 1 saturated heterocycles. The number of hydrogen-bond acceptors (Lipinski definition) is 4. The van der Waals surface area contributed by atoms with Crippen LogP contribution in [0.25, 0.3) is 0 Å². The van der Waals surface area contributed by atoms with Gasteiger partial charge in [0.2, 0.25) is 0 Å². The minimum Gasteiger partial charge on any atom is -0.373 e. The first kappa shape index (κ1) is 9.81. The zero-order valence-electron chi connectivity index (χ0n) is 7.49. The van der Waals surface area contributed by atoms with Crippen molar-refractivity contribution in [1.29, 1.82) is 0 Å². The maximum Gasteiger partial charge on any atom is 0.0930 e. The second kappa shape index (κ2) is 4.67. The van der Waals surface area contributed by atoms with Crippen LogP contribution in [0.15, 0.2) is 4.99 Å². The molecule has 0 aromatic carbocycles. The molecule has 1 rings (SSSR count). The first-order chi connectivity index (χ1) is 5.74. The number of morpholine rings is 1. The molecular formula is C8H14N2OS. The van der Waals surface area contributed by atoms with E-state index in [4.69, 9.17) is 4.74 Å². The lowest BCUT2D eigenvalue weighted by atomic mass is 10.1. The van der Waals surface area contributed by atoms with Gasteiger partial charge in [0.15, 0.2) is 0 Å². The van der Waals surface area contributed by atoms with Gasteiger partial charge < -0.3 is 9.64 Å². The van der Waals surface area contributed by atoms with Crippen molar-refractivity contribution in [2.45, 2.75) is 19.1 Å². The number of likely N-dealkylation sites (N-methyl/N-ethyl adjacent to an activating group) is 1. The van der Waals surface area contributed by atoms with E-state index in [2.05, 4.69) is 34.3 Å². The van der Waals surface area contributed by atoms with Crippen LogP contribution in [0.1, 0.15) is 6.92 Å². The van der Waals surface area contributed by atoms with Crippen molar-refractivity contribution in [2.24, 2.45) is 4.99 Å². The van der Waals surface area contributed by atoms with Gasteiger partial charge in [0, 0.05) is 13.1 Å². The number of thiocarbonyl (C=S) groups is 1. The first-order valence-electron chi connectivity index (χ1n) is 4.11. The topological polar surface area (TPSA) is 24.8 Å². The molecule has 0 spiro atoms. The molecule has 0 aromatic heterocycles. The van der Waals surface area contributed by atoms with Crippen LogP contribution in [0.4, 0.5) is 0 Å². The van der Waals surface area contributed by atoms with E-state index in [1.807, 2.05) is 6.92 Å². The molecule has 4 heteroatoms. The minimum absolute atomic E-state index is 0.130. The third kappa shape index (κ3) is 2.64. The van der Waals surface area contributed by atoms with Crippen molar-refractivity contribution in [1.82, 2.24) is 4.90 Å². The van der Waals surface area contributed by atoms with E-state index in [0.29, 0.717) is 0 Å². The summed E-state index contributed by atoms with van der Waals surface area (Å²) in [5.41, 5.74) is 0. The molecule has 68 valence electrons. The lowest BCUT2D eigenvalue weighted by Gasteiger charge is -2.31. The fraction of sp³-hybridized carbons (Fsp3) is 0.875. The van der Waals surface area contributed by atoms with Crippen molar-refractivity contribution < 1.29 is 4.74 Å². The van der Waals surface area contributed by atoms with Crippen LogP contribution in [0.3, 0.4) is 0 Å². The van der Waals surface area contributed by atoms with Gasteiger partial charge in [0.1, 0.15) is 0 Å². The molecule has 2 atom stereocenters. The summed E-state index contributed by atoms with van der Waals surface area (Å²) in [6, 6.07) is 0.130. The molecule has 0 saturated carbocycles. The summed E-state index contributed by atoms with van der Waals surface area (Å²) in [5, 5.41) is 2.39. The number of hydrogen-bond donors (Lipinski definition) is 0. The Balaban J connectivity index is 2.44. The highest BCUT2D eigenvalue weighted by Crippen LogP contribution is 2.09. The van der Waals surface area contributed by atoms with E-state index in [-0.39, 0.29) is 12.1 Å². The van der Waals surface area contributed by atoms with Crippen LogP contribution in [0.5, 0.6) is 0 Å².